The molecule has 2 rings (SSSR count). The van der Waals surface area contributed by atoms with Gasteiger partial charge in [0, 0.05) is 5.69 Å². The van der Waals surface area contributed by atoms with Crippen LogP contribution in [-0.2, 0) is 14.3 Å². The summed E-state index contributed by atoms with van der Waals surface area (Å²) in [6, 6.07) is 12.5. The van der Waals surface area contributed by atoms with E-state index in [0.717, 1.165) is 5.56 Å². The number of nitrogens with one attached hydrogen (secondary N) is 1. The Morgan fingerprint density at radius 2 is 1.88 bits per heavy atom. The van der Waals surface area contributed by atoms with Crippen LogP contribution in [0.1, 0.15) is 12.5 Å². The van der Waals surface area contributed by atoms with Crippen molar-refractivity contribution in [2.24, 2.45) is 0 Å². The van der Waals surface area contributed by atoms with Crippen LogP contribution in [0.15, 0.2) is 48.5 Å². The number of esters is 1. The van der Waals surface area contributed by atoms with Crippen molar-refractivity contribution < 1.29 is 23.5 Å². The van der Waals surface area contributed by atoms with Crippen molar-refractivity contribution in [1.82, 2.24) is 0 Å². The summed E-state index contributed by atoms with van der Waals surface area (Å²) >= 11 is 0. The summed E-state index contributed by atoms with van der Waals surface area (Å²) in [4.78, 5) is 23.7. The van der Waals surface area contributed by atoms with Crippen LogP contribution in [0.25, 0.3) is 0 Å². The van der Waals surface area contributed by atoms with E-state index < -0.39 is 23.8 Å². The smallest absolute Gasteiger partial charge is 0.344 e. The first kappa shape index (κ1) is 17.5. The lowest BCUT2D eigenvalue weighted by Crippen LogP contribution is -2.31. The van der Waals surface area contributed by atoms with Crippen LogP contribution in [0, 0.1) is 12.7 Å². The van der Waals surface area contributed by atoms with E-state index in [-0.39, 0.29) is 6.61 Å². The Labute approximate surface area is 139 Å². The molecule has 126 valence electrons. The van der Waals surface area contributed by atoms with Gasteiger partial charge in [0.05, 0.1) is 0 Å². The molecule has 0 unspecified atom stereocenters. The van der Waals surface area contributed by atoms with Crippen molar-refractivity contribution in [3.63, 3.8) is 0 Å². The summed E-state index contributed by atoms with van der Waals surface area (Å²) in [5, 5.41) is 2.53. The van der Waals surface area contributed by atoms with Gasteiger partial charge in [-0.3, -0.25) is 4.79 Å². The average molecular weight is 331 g/mol. The second kappa shape index (κ2) is 8.10. The maximum atomic E-state index is 12.8. The predicted octanol–water partition coefficient (Wildman–Crippen LogP) is 3.08. The molecule has 2 aromatic rings. The van der Waals surface area contributed by atoms with Crippen LogP contribution in [0.2, 0.25) is 0 Å². The quantitative estimate of drug-likeness (QED) is 0.826. The van der Waals surface area contributed by atoms with Gasteiger partial charge >= 0.3 is 5.97 Å². The molecule has 0 fully saturated rings. The van der Waals surface area contributed by atoms with Gasteiger partial charge in [0.15, 0.2) is 12.7 Å². The molecule has 0 saturated carbocycles. The first-order valence-corrected chi connectivity index (χ1v) is 7.39. The maximum absolute atomic E-state index is 12.8. The molecule has 0 aliphatic heterocycles. The van der Waals surface area contributed by atoms with E-state index in [2.05, 4.69) is 5.32 Å². The molecule has 0 spiro atoms. The van der Waals surface area contributed by atoms with E-state index in [0.29, 0.717) is 11.4 Å². The fourth-order valence-corrected chi connectivity index (χ4v) is 1.91. The Hall–Kier alpha value is -2.89. The van der Waals surface area contributed by atoms with Crippen LogP contribution in [-0.4, -0.2) is 24.6 Å². The van der Waals surface area contributed by atoms with E-state index in [9.17, 15) is 14.0 Å². The molecule has 0 aliphatic rings. The lowest BCUT2D eigenvalue weighted by Gasteiger charge is -2.14. The van der Waals surface area contributed by atoms with Crippen molar-refractivity contribution in [1.29, 1.82) is 0 Å². The first-order chi connectivity index (χ1) is 11.4. The number of hydrogen-bond donors (Lipinski definition) is 1. The number of ether oxygens (including phenoxy) is 2. The van der Waals surface area contributed by atoms with Crippen molar-refractivity contribution >= 4 is 17.6 Å². The fourth-order valence-electron chi connectivity index (χ4n) is 1.91. The number of rotatable bonds is 6. The number of carbonyl (C=O) groups excluding carboxylic acids is 2. The molecule has 0 aliphatic carbocycles. The van der Waals surface area contributed by atoms with Gasteiger partial charge in [-0.05, 0) is 55.8 Å². The van der Waals surface area contributed by atoms with Gasteiger partial charge in [0.2, 0.25) is 0 Å². The molecule has 5 nitrogen and oxygen atoms in total. The molecular weight excluding hydrogens is 313 g/mol. The van der Waals surface area contributed by atoms with Crippen molar-refractivity contribution in [3.05, 3.63) is 59.9 Å². The topological polar surface area (TPSA) is 64.6 Å². The van der Waals surface area contributed by atoms with E-state index in [1.807, 2.05) is 19.1 Å². The molecule has 2 aromatic carbocycles. The largest absolute Gasteiger partial charge is 0.482 e. The third-order valence-electron chi connectivity index (χ3n) is 3.14. The summed E-state index contributed by atoms with van der Waals surface area (Å²) in [5.74, 6) is -1.01. The highest BCUT2D eigenvalue weighted by atomic mass is 19.1. The lowest BCUT2D eigenvalue weighted by molar-refractivity contribution is -0.155. The minimum Gasteiger partial charge on any atom is -0.482 e. The number of anilines is 1. The summed E-state index contributed by atoms with van der Waals surface area (Å²) in [7, 11) is 0. The van der Waals surface area contributed by atoms with E-state index in [1.54, 1.807) is 12.1 Å². The van der Waals surface area contributed by atoms with Gasteiger partial charge in [0.1, 0.15) is 11.6 Å². The van der Waals surface area contributed by atoms with E-state index in [4.69, 9.17) is 9.47 Å². The van der Waals surface area contributed by atoms with Crippen LogP contribution in [0.4, 0.5) is 10.1 Å². The molecule has 24 heavy (non-hydrogen) atoms. The number of benzene rings is 2. The van der Waals surface area contributed by atoms with Gasteiger partial charge < -0.3 is 14.8 Å². The minimum absolute atomic E-state index is 0.294. The van der Waals surface area contributed by atoms with Gasteiger partial charge in [0.25, 0.3) is 5.91 Å². The zero-order valence-corrected chi connectivity index (χ0v) is 13.4. The van der Waals surface area contributed by atoms with Gasteiger partial charge in [-0.15, -0.1) is 0 Å². The normalized spacial score (nSPS) is 11.5. The van der Waals surface area contributed by atoms with Gasteiger partial charge in [-0.25, -0.2) is 9.18 Å². The van der Waals surface area contributed by atoms with Gasteiger partial charge in [-0.2, -0.15) is 0 Å². The number of halogens is 1. The zero-order valence-electron chi connectivity index (χ0n) is 13.4. The molecule has 0 aromatic heterocycles. The minimum atomic E-state index is -0.997. The summed E-state index contributed by atoms with van der Waals surface area (Å²) in [6.07, 6.45) is -0.997. The summed E-state index contributed by atoms with van der Waals surface area (Å²) in [5.41, 5.74) is 1.42. The highest BCUT2D eigenvalue weighted by molar-refractivity contribution is 5.95. The molecular formula is C18H18FNO4. The molecule has 0 saturated heterocycles. The number of amides is 1. The van der Waals surface area contributed by atoms with Crippen LogP contribution >= 0.6 is 0 Å². The van der Waals surface area contributed by atoms with Crippen molar-refractivity contribution in [2.45, 2.75) is 20.0 Å². The average Bonchev–Trinajstić information content (AvgIpc) is 2.55. The predicted molar refractivity (Wildman–Crippen MR) is 87.3 cm³/mol. The highest BCUT2D eigenvalue weighted by Gasteiger charge is 2.18. The Kier molecular flexibility index (Phi) is 5.89. The van der Waals surface area contributed by atoms with E-state index in [1.165, 1.54) is 31.2 Å². The molecule has 6 heteroatoms. The molecule has 0 radical (unpaired) electrons. The van der Waals surface area contributed by atoms with Crippen LogP contribution in [0.3, 0.4) is 0 Å². The lowest BCUT2D eigenvalue weighted by atomic mass is 10.2. The standard InChI is InChI=1S/C18H18FNO4/c1-12-4-3-5-16(10-12)23-11-17(21)24-13(2)18(22)20-15-8-6-14(19)7-9-15/h3-10,13H,11H2,1-2H3,(H,20,22)/t13-/m0/s1. The fraction of sp³-hybridized carbons (Fsp3) is 0.222. The third-order valence-corrected chi connectivity index (χ3v) is 3.14. The number of carbonyl (C=O) groups is 2. The van der Waals surface area contributed by atoms with Crippen molar-refractivity contribution in [3.8, 4) is 5.75 Å². The molecule has 1 N–H and O–H groups in total. The molecule has 1 atom stereocenters. The molecule has 1 amide bonds. The van der Waals surface area contributed by atoms with Gasteiger partial charge in [-0.1, -0.05) is 12.1 Å². The highest BCUT2D eigenvalue weighted by Crippen LogP contribution is 2.12. The van der Waals surface area contributed by atoms with E-state index >= 15 is 0 Å². The monoisotopic (exact) mass is 331 g/mol. The summed E-state index contributed by atoms with van der Waals surface area (Å²) < 4.78 is 23.1. The Morgan fingerprint density at radius 1 is 1.17 bits per heavy atom. The van der Waals surface area contributed by atoms with Crippen molar-refractivity contribution in [2.75, 3.05) is 11.9 Å². The second-order valence-electron chi connectivity index (χ2n) is 5.23. The Balaban J connectivity index is 1.80. The van der Waals surface area contributed by atoms with Crippen LogP contribution < -0.4 is 10.1 Å². The Morgan fingerprint density at radius 3 is 2.54 bits per heavy atom. The second-order valence-corrected chi connectivity index (χ2v) is 5.23. The SMILES string of the molecule is Cc1cccc(OCC(=O)O[C@@H](C)C(=O)Nc2ccc(F)cc2)c1. The Bertz CT molecular complexity index is 715. The third kappa shape index (κ3) is 5.39. The zero-order chi connectivity index (χ0) is 17.5. The summed E-state index contributed by atoms with van der Waals surface area (Å²) in [6.45, 7) is 3.06. The first-order valence-electron chi connectivity index (χ1n) is 7.39. The maximum Gasteiger partial charge on any atom is 0.344 e. The van der Waals surface area contributed by atoms with Crippen LogP contribution in [0.5, 0.6) is 5.75 Å². The molecule has 0 bridgehead atoms. The molecule has 0 heterocycles. The number of aryl methyl sites for hydroxylation is 1. The number of hydrogen-bond acceptors (Lipinski definition) is 4.